The monoisotopic (exact) mass is 434 g/mol. The van der Waals surface area contributed by atoms with Crippen LogP contribution in [0.2, 0.25) is 0 Å². The molecule has 4 rings (SSSR count). The maximum absolute atomic E-state index is 12.6. The van der Waals surface area contributed by atoms with Crippen LogP contribution in [0.15, 0.2) is 39.9 Å². The fourth-order valence-corrected chi connectivity index (χ4v) is 4.35. The Bertz CT molecular complexity index is 1470. The molecule has 2 aromatic heterocycles. The van der Waals surface area contributed by atoms with Gasteiger partial charge in [0.15, 0.2) is 6.10 Å². The van der Waals surface area contributed by atoms with Gasteiger partial charge in [-0.15, -0.1) is 0 Å². The first-order chi connectivity index (χ1) is 14.9. The number of hydrogen-bond acceptors (Lipinski definition) is 4. The minimum absolute atomic E-state index is 0.437. The predicted octanol–water partition coefficient (Wildman–Crippen LogP) is 4.11. The number of nitrogens with one attached hydrogen (secondary N) is 1. The minimum atomic E-state index is -1.27. The van der Waals surface area contributed by atoms with Crippen LogP contribution in [-0.4, -0.2) is 26.1 Å². The van der Waals surface area contributed by atoms with Gasteiger partial charge in [0.2, 0.25) is 0 Å². The van der Waals surface area contributed by atoms with E-state index in [1.165, 1.54) is 4.40 Å². The first-order valence-corrected chi connectivity index (χ1v) is 10.4. The summed E-state index contributed by atoms with van der Waals surface area (Å²) in [6, 6.07) is 9.60. The largest absolute Gasteiger partial charge is 0.479 e. The zero-order valence-corrected chi connectivity index (χ0v) is 19.0. The van der Waals surface area contributed by atoms with Gasteiger partial charge < -0.3 is 14.8 Å². The van der Waals surface area contributed by atoms with Crippen LogP contribution in [0.3, 0.4) is 0 Å². The lowest BCUT2D eigenvalue weighted by Crippen LogP contribution is -2.33. The van der Waals surface area contributed by atoms with Gasteiger partial charge in [-0.05, 0) is 64.3 Å². The van der Waals surface area contributed by atoms with Crippen molar-refractivity contribution >= 4 is 22.4 Å². The summed E-state index contributed by atoms with van der Waals surface area (Å²) in [5, 5.41) is 10.9. The number of aromatic amines is 1. The second-order valence-corrected chi connectivity index (χ2v) is 9.25. The van der Waals surface area contributed by atoms with Crippen molar-refractivity contribution in [2.24, 2.45) is 0 Å². The molecule has 2 heterocycles. The molecule has 0 fully saturated rings. The molecule has 0 radical (unpaired) electrons. The average Bonchev–Trinajstić information content (AvgIpc) is 3.03. The molecule has 0 aliphatic rings. The number of rotatable bonds is 4. The van der Waals surface area contributed by atoms with Crippen LogP contribution in [0.5, 0.6) is 0 Å². The molecule has 0 amide bonds. The van der Waals surface area contributed by atoms with Crippen LogP contribution in [0, 0.1) is 20.8 Å². The molecular formula is C25H26N2O5. The van der Waals surface area contributed by atoms with E-state index in [-0.39, 0.29) is 0 Å². The van der Waals surface area contributed by atoms with Gasteiger partial charge in [0.25, 0.3) is 0 Å². The Balaban J connectivity index is 2.25. The summed E-state index contributed by atoms with van der Waals surface area (Å²) >= 11 is 0. The Morgan fingerprint density at radius 3 is 2.28 bits per heavy atom. The lowest BCUT2D eigenvalue weighted by molar-refractivity contribution is -0.160. The lowest BCUT2D eigenvalue weighted by Gasteiger charge is -2.28. The maximum Gasteiger partial charge on any atom is 0.337 e. The number of carbonyl (C=O) groups is 1. The Hall–Kier alpha value is -3.45. The second-order valence-electron chi connectivity index (χ2n) is 9.25. The van der Waals surface area contributed by atoms with Crippen molar-refractivity contribution in [3.05, 3.63) is 73.4 Å². The standard InChI is InChI=1S/C25H26N2O5/c1-12-7-9-15(10-8-12)18-16-11-13(2)27-20(16)19(26-22(28)23(27)29)14(3)17(18)21(24(30)31)32-25(4,5)6/h7-11,21H,1-6H3,(H,26,28)(H,30,31)/t21-/m0/s1. The van der Waals surface area contributed by atoms with E-state index in [1.807, 2.05) is 37.3 Å². The summed E-state index contributed by atoms with van der Waals surface area (Å²) in [4.78, 5) is 40.2. The first kappa shape index (κ1) is 21.8. The van der Waals surface area contributed by atoms with Gasteiger partial charge in [0.05, 0.1) is 16.6 Å². The summed E-state index contributed by atoms with van der Waals surface area (Å²) in [5.41, 5.74) is 3.06. The molecule has 0 aliphatic heterocycles. The molecule has 1 atom stereocenters. The fraction of sp³-hybridized carbons (Fsp3) is 0.320. The maximum atomic E-state index is 12.6. The molecule has 2 N–H and O–H groups in total. The molecule has 32 heavy (non-hydrogen) atoms. The normalized spacial score (nSPS) is 13.2. The van der Waals surface area contributed by atoms with Crippen LogP contribution >= 0.6 is 0 Å². The first-order valence-electron chi connectivity index (χ1n) is 10.4. The average molecular weight is 434 g/mol. The van der Waals surface area contributed by atoms with Gasteiger partial charge in [0, 0.05) is 16.6 Å². The third-order valence-corrected chi connectivity index (χ3v) is 5.67. The molecule has 0 saturated carbocycles. The number of benzene rings is 2. The number of ether oxygens (including phenoxy) is 1. The molecule has 0 unspecified atom stereocenters. The summed E-state index contributed by atoms with van der Waals surface area (Å²) in [6.07, 6.45) is -1.27. The molecule has 4 aromatic rings. The van der Waals surface area contributed by atoms with Crippen LogP contribution in [-0.2, 0) is 9.53 Å². The number of aromatic nitrogens is 2. The number of carboxylic acids is 1. The molecule has 166 valence electrons. The van der Waals surface area contributed by atoms with Gasteiger partial charge in [-0.2, -0.15) is 0 Å². The molecule has 0 saturated heterocycles. The molecule has 0 spiro atoms. The Morgan fingerprint density at radius 1 is 1.09 bits per heavy atom. The van der Waals surface area contributed by atoms with Crippen molar-refractivity contribution in [3.8, 4) is 11.1 Å². The van der Waals surface area contributed by atoms with Gasteiger partial charge in [-0.3, -0.25) is 14.0 Å². The molecular weight excluding hydrogens is 408 g/mol. The molecule has 0 aliphatic carbocycles. The zero-order valence-electron chi connectivity index (χ0n) is 19.0. The number of aliphatic carboxylic acids is 1. The molecule has 0 bridgehead atoms. The van der Waals surface area contributed by atoms with E-state index < -0.39 is 28.8 Å². The minimum Gasteiger partial charge on any atom is -0.479 e. The molecule has 7 heteroatoms. The number of H-pyrrole nitrogens is 1. The highest BCUT2D eigenvalue weighted by atomic mass is 16.5. The predicted molar refractivity (Wildman–Crippen MR) is 124 cm³/mol. The highest BCUT2D eigenvalue weighted by Gasteiger charge is 2.33. The zero-order chi connectivity index (χ0) is 23.5. The van der Waals surface area contributed by atoms with E-state index in [0.29, 0.717) is 38.8 Å². The number of carboxylic acid groups (broad SMARTS) is 1. The van der Waals surface area contributed by atoms with Crippen LogP contribution in [0.4, 0.5) is 0 Å². The summed E-state index contributed by atoms with van der Waals surface area (Å²) in [6.45, 7) is 10.9. The smallest absolute Gasteiger partial charge is 0.337 e. The van der Waals surface area contributed by atoms with E-state index in [0.717, 1.165) is 11.1 Å². The van der Waals surface area contributed by atoms with Crippen molar-refractivity contribution in [2.75, 3.05) is 0 Å². The van der Waals surface area contributed by atoms with E-state index >= 15 is 0 Å². The topological polar surface area (TPSA) is 101 Å². The Labute approximate surface area is 184 Å². The van der Waals surface area contributed by atoms with Gasteiger partial charge in [-0.1, -0.05) is 29.8 Å². The van der Waals surface area contributed by atoms with Crippen molar-refractivity contribution < 1.29 is 14.6 Å². The summed E-state index contributed by atoms with van der Waals surface area (Å²) in [7, 11) is 0. The Morgan fingerprint density at radius 2 is 1.72 bits per heavy atom. The van der Waals surface area contributed by atoms with E-state index in [9.17, 15) is 19.5 Å². The summed E-state index contributed by atoms with van der Waals surface area (Å²) < 4.78 is 7.42. The Kier molecular flexibility index (Phi) is 4.97. The van der Waals surface area contributed by atoms with Gasteiger partial charge in [0.1, 0.15) is 0 Å². The quantitative estimate of drug-likeness (QED) is 0.471. The summed E-state index contributed by atoms with van der Waals surface area (Å²) in [5.74, 6) is -1.13. The van der Waals surface area contributed by atoms with Crippen molar-refractivity contribution in [3.63, 3.8) is 0 Å². The number of nitrogens with zero attached hydrogens (tertiary/aromatic N) is 1. The van der Waals surface area contributed by atoms with E-state index in [2.05, 4.69) is 4.98 Å². The van der Waals surface area contributed by atoms with E-state index in [4.69, 9.17) is 4.74 Å². The van der Waals surface area contributed by atoms with Crippen LogP contribution in [0.1, 0.15) is 49.3 Å². The fourth-order valence-electron chi connectivity index (χ4n) is 4.35. The highest BCUT2D eigenvalue weighted by Crippen LogP contribution is 2.43. The molecule has 2 aromatic carbocycles. The van der Waals surface area contributed by atoms with Crippen LogP contribution < -0.4 is 11.1 Å². The third-order valence-electron chi connectivity index (χ3n) is 5.67. The van der Waals surface area contributed by atoms with Crippen molar-refractivity contribution in [2.45, 2.75) is 53.2 Å². The highest BCUT2D eigenvalue weighted by molar-refractivity contribution is 6.08. The SMILES string of the molecule is Cc1ccc(-c2c([C@H](OC(C)(C)C)C(=O)O)c(C)c3[nH]c(=O)c(=O)n4c(C)cc2c34)cc1. The van der Waals surface area contributed by atoms with Crippen molar-refractivity contribution in [1.82, 2.24) is 9.38 Å². The second kappa shape index (κ2) is 7.31. The lowest BCUT2D eigenvalue weighted by atomic mass is 9.88. The molecule has 7 nitrogen and oxygen atoms in total. The van der Waals surface area contributed by atoms with Crippen molar-refractivity contribution in [1.29, 1.82) is 0 Å². The number of hydrogen-bond donors (Lipinski definition) is 2. The van der Waals surface area contributed by atoms with Crippen LogP contribution in [0.25, 0.3) is 27.5 Å². The van der Waals surface area contributed by atoms with Gasteiger partial charge >= 0.3 is 17.1 Å². The van der Waals surface area contributed by atoms with Gasteiger partial charge in [-0.25, -0.2) is 4.79 Å². The third kappa shape index (κ3) is 3.39. The number of aryl methyl sites for hydroxylation is 3. The van der Waals surface area contributed by atoms with E-state index in [1.54, 1.807) is 34.6 Å².